The summed E-state index contributed by atoms with van der Waals surface area (Å²) in [5.74, 6) is 0.111. The van der Waals surface area contributed by atoms with Gasteiger partial charge in [-0.15, -0.1) is 11.6 Å². The van der Waals surface area contributed by atoms with Gasteiger partial charge in [-0.1, -0.05) is 149 Å². The highest BCUT2D eigenvalue weighted by atomic mass is 79.9. The van der Waals surface area contributed by atoms with Gasteiger partial charge < -0.3 is 5.73 Å². The fraction of sp³-hybridized carbons (Fsp3) is 0.0444. The van der Waals surface area contributed by atoms with Crippen LogP contribution >= 0.6 is 27.5 Å². The highest BCUT2D eigenvalue weighted by Gasteiger charge is 2.04. The molecule has 0 fully saturated rings. The molecular formula is C45H35BrClNO. The molecule has 9 aromatic carbocycles. The molecule has 4 heteroatoms. The van der Waals surface area contributed by atoms with Crippen molar-refractivity contribution in [2.45, 2.75) is 6.92 Å². The zero-order valence-corrected chi connectivity index (χ0v) is 29.7. The largest absolute Gasteiger partial charge is 0.399 e. The molecule has 0 aliphatic heterocycles. The van der Waals surface area contributed by atoms with Crippen molar-refractivity contribution in [1.29, 1.82) is 0 Å². The van der Waals surface area contributed by atoms with Crippen molar-refractivity contribution in [3.05, 3.63) is 174 Å². The maximum absolute atomic E-state index is 11.4. The average molecular weight is 721 g/mol. The monoisotopic (exact) mass is 719 g/mol. The molecule has 9 rings (SSSR count). The lowest BCUT2D eigenvalue weighted by Crippen LogP contribution is -1.91. The van der Waals surface area contributed by atoms with Gasteiger partial charge in [0.15, 0.2) is 5.78 Å². The van der Waals surface area contributed by atoms with Gasteiger partial charge >= 0.3 is 0 Å². The third-order valence-corrected chi connectivity index (χ3v) is 9.13. The number of Topliss-reactive ketones (excluding diaryl/α,β-unsaturated/α-hetero) is 1. The molecule has 0 amide bonds. The number of anilines is 1. The first-order chi connectivity index (χ1) is 23.9. The van der Waals surface area contributed by atoms with E-state index >= 15 is 0 Å². The Morgan fingerprint density at radius 3 is 1.27 bits per heavy atom. The minimum Gasteiger partial charge on any atom is -0.399 e. The summed E-state index contributed by atoms with van der Waals surface area (Å²) in [7, 11) is 0. The van der Waals surface area contributed by atoms with E-state index in [-0.39, 0.29) is 5.78 Å². The fourth-order valence-corrected chi connectivity index (χ4v) is 6.58. The molecule has 0 unspecified atom stereocenters. The molecule has 0 aliphatic carbocycles. The molecule has 0 spiro atoms. The Hall–Kier alpha value is -5.22. The lowest BCUT2D eigenvalue weighted by atomic mass is 9.99. The number of benzene rings is 9. The van der Waals surface area contributed by atoms with Gasteiger partial charge in [0, 0.05) is 22.1 Å². The maximum Gasteiger partial charge on any atom is 0.159 e. The number of fused-ring (bicyclic) bond motifs is 9. The zero-order valence-electron chi connectivity index (χ0n) is 27.3. The highest BCUT2D eigenvalue weighted by Crippen LogP contribution is 2.29. The number of halogens is 2. The lowest BCUT2D eigenvalue weighted by molar-refractivity contribution is 0.101. The number of ketones is 1. The minimum absolute atomic E-state index is 0.111. The SMILES string of the molecule is Brc1ccc2ccc3ccccc3c2c1.CC(=O)c1ccc2ccc3ccccc3c2c1.CCl.Nc1ccc2ccc3ccccc3c2c1. The Bertz CT molecular complexity index is 2480. The first kappa shape index (κ1) is 33.7. The summed E-state index contributed by atoms with van der Waals surface area (Å²) in [6.45, 7) is 1.60. The Morgan fingerprint density at radius 2 is 0.796 bits per heavy atom. The van der Waals surface area contributed by atoms with Gasteiger partial charge in [-0.25, -0.2) is 0 Å². The Balaban J connectivity index is 0.000000125. The summed E-state index contributed by atoms with van der Waals surface area (Å²) < 4.78 is 1.13. The van der Waals surface area contributed by atoms with Crippen molar-refractivity contribution in [2.75, 3.05) is 12.1 Å². The molecule has 9 aromatic rings. The molecule has 2 N–H and O–H groups in total. The molecule has 0 aromatic heterocycles. The van der Waals surface area contributed by atoms with E-state index in [4.69, 9.17) is 5.73 Å². The summed E-state index contributed by atoms with van der Waals surface area (Å²) in [5.41, 5.74) is 7.41. The van der Waals surface area contributed by atoms with E-state index in [0.29, 0.717) is 0 Å². The smallest absolute Gasteiger partial charge is 0.159 e. The van der Waals surface area contributed by atoms with E-state index in [0.717, 1.165) is 21.1 Å². The van der Waals surface area contributed by atoms with E-state index in [9.17, 15) is 4.79 Å². The number of alkyl halides is 1. The average Bonchev–Trinajstić information content (AvgIpc) is 3.15. The van der Waals surface area contributed by atoms with Crippen LogP contribution in [0.5, 0.6) is 0 Å². The zero-order chi connectivity index (χ0) is 34.3. The van der Waals surface area contributed by atoms with Gasteiger partial charge in [0.1, 0.15) is 0 Å². The van der Waals surface area contributed by atoms with Crippen LogP contribution in [0.2, 0.25) is 0 Å². The van der Waals surface area contributed by atoms with E-state index in [2.05, 4.69) is 149 Å². The topological polar surface area (TPSA) is 43.1 Å². The summed E-state index contributed by atoms with van der Waals surface area (Å²) in [6.07, 6.45) is 1.47. The van der Waals surface area contributed by atoms with Crippen LogP contribution in [0.15, 0.2) is 168 Å². The van der Waals surface area contributed by atoms with Crippen LogP contribution in [-0.4, -0.2) is 12.2 Å². The second-order valence-corrected chi connectivity index (χ2v) is 12.6. The Morgan fingerprint density at radius 1 is 0.449 bits per heavy atom. The standard InChI is InChI=1S/C16H12O.C14H9Br.C14H11N.CH3Cl/c1-11(17)14-9-8-13-7-6-12-4-2-3-5-15(12)16(13)10-14;2*15-12-8-7-11-6-5-10-3-1-2-4-13(10)14(11)9-12;1-2/h2-10H,1H3;1-9H;1-9H,15H2;1H3. The van der Waals surface area contributed by atoms with Gasteiger partial charge in [0.05, 0.1) is 0 Å². The number of nitrogen functional groups attached to an aromatic ring is 1. The van der Waals surface area contributed by atoms with Crippen LogP contribution in [-0.2, 0) is 0 Å². The first-order valence-corrected chi connectivity index (χ1v) is 17.5. The molecule has 49 heavy (non-hydrogen) atoms. The molecule has 2 nitrogen and oxygen atoms in total. The molecular weight excluding hydrogens is 686 g/mol. The lowest BCUT2D eigenvalue weighted by Gasteiger charge is -2.05. The van der Waals surface area contributed by atoms with Gasteiger partial charge in [-0.2, -0.15) is 0 Å². The van der Waals surface area contributed by atoms with Crippen molar-refractivity contribution in [1.82, 2.24) is 0 Å². The summed E-state index contributed by atoms with van der Waals surface area (Å²) in [6, 6.07) is 56.3. The van der Waals surface area contributed by atoms with E-state index in [1.807, 2.05) is 42.5 Å². The van der Waals surface area contributed by atoms with Gasteiger partial charge in [-0.3, -0.25) is 4.79 Å². The molecule has 240 valence electrons. The maximum atomic E-state index is 11.4. The van der Waals surface area contributed by atoms with E-state index in [1.54, 1.807) is 6.92 Å². The Labute approximate surface area is 299 Å². The summed E-state index contributed by atoms with van der Waals surface area (Å²) in [4.78, 5) is 11.4. The molecule has 0 bridgehead atoms. The van der Waals surface area contributed by atoms with Crippen LogP contribution in [0.4, 0.5) is 5.69 Å². The second-order valence-electron chi connectivity index (χ2n) is 11.7. The van der Waals surface area contributed by atoms with Crippen molar-refractivity contribution in [2.24, 2.45) is 0 Å². The molecule has 0 radical (unpaired) electrons. The third-order valence-electron chi connectivity index (χ3n) is 8.63. The first-order valence-electron chi connectivity index (χ1n) is 16.0. The molecule has 0 saturated carbocycles. The van der Waals surface area contributed by atoms with Crippen LogP contribution in [0.1, 0.15) is 17.3 Å². The van der Waals surface area contributed by atoms with Crippen molar-refractivity contribution in [3.8, 4) is 0 Å². The van der Waals surface area contributed by atoms with Crippen molar-refractivity contribution in [3.63, 3.8) is 0 Å². The number of carbonyl (C=O) groups excluding carboxylic acids is 1. The number of carbonyl (C=O) groups is 1. The fourth-order valence-electron chi connectivity index (χ4n) is 6.21. The van der Waals surface area contributed by atoms with Crippen LogP contribution < -0.4 is 5.73 Å². The number of rotatable bonds is 1. The van der Waals surface area contributed by atoms with Crippen molar-refractivity contribution >= 4 is 104 Å². The molecule has 0 aliphatic rings. The van der Waals surface area contributed by atoms with E-state index in [1.165, 1.54) is 65.6 Å². The van der Waals surface area contributed by atoms with Gasteiger partial charge in [0.25, 0.3) is 0 Å². The number of hydrogen-bond acceptors (Lipinski definition) is 2. The Kier molecular flexibility index (Phi) is 10.5. The third kappa shape index (κ3) is 7.44. The predicted octanol–water partition coefficient (Wildman–Crippen LogP) is 13.4. The normalized spacial score (nSPS) is 10.6. The quantitative estimate of drug-likeness (QED) is 0.0794. The highest BCUT2D eigenvalue weighted by molar-refractivity contribution is 9.10. The molecule has 0 heterocycles. The predicted molar refractivity (Wildman–Crippen MR) is 218 cm³/mol. The molecule has 0 atom stereocenters. The molecule has 0 saturated heterocycles. The van der Waals surface area contributed by atoms with E-state index < -0.39 is 0 Å². The number of hydrogen-bond donors (Lipinski definition) is 1. The van der Waals surface area contributed by atoms with Gasteiger partial charge in [0.2, 0.25) is 0 Å². The van der Waals surface area contributed by atoms with Crippen LogP contribution in [0.25, 0.3) is 64.6 Å². The number of nitrogens with two attached hydrogens (primary N) is 1. The summed E-state index contributed by atoms with van der Waals surface area (Å²) in [5, 5.41) is 14.9. The van der Waals surface area contributed by atoms with Gasteiger partial charge in [-0.05, 0) is 102 Å². The van der Waals surface area contributed by atoms with Crippen LogP contribution in [0, 0.1) is 0 Å². The second kappa shape index (κ2) is 15.3. The van der Waals surface area contributed by atoms with Crippen molar-refractivity contribution < 1.29 is 4.79 Å². The minimum atomic E-state index is 0.111. The van der Waals surface area contributed by atoms with Crippen LogP contribution in [0.3, 0.4) is 0 Å². The summed E-state index contributed by atoms with van der Waals surface area (Å²) >= 11 is 8.16.